The zero-order chi connectivity index (χ0) is 18.5. The second-order valence-corrected chi connectivity index (χ2v) is 6.44. The van der Waals surface area contributed by atoms with Gasteiger partial charge in [-0.25, -0.2) is 4.79 Å². The lowest BCUT2D eigenvalue weighted by Gasteiger charge is -2.21. The quantitative estimate of drug-likeness (QED) is 0.821. The highest BCUT2D eigenvalue weighted by atomic mass is 16.7. The van der Waals surface area contributed by atoms with Gasteiger partial charge in [-0.3, -0.25) is 0 Å². The highest BCUT2D eigenvalue weighted by Crippen LogP contribution is 2.36. The Bertz CT molecular complexity index is 754. The zero-order valence-corrected chi connectivity index (χ0v) is 15.0. The summed E-state index contributed by atoms with van der Waals surface area (Å²) >= 11 is 0. The molecule has 0 bridgehead atoms. The van der Waals surface area contributed by atoms with Crippen molar-refractivity contribution in [3.05, 3.63) is 64.7 Å². The predicted octanol–water partition coefficient (Wildman–Crippen LogP) is 3.07. The lowest BCUT2D eigenvalue weighted by Crippen LogP contribution is -2.15. The maximum Gasteiger partial charge on any atom is 0.335 e. The van der Waals surface area contributed by atoms with E-state index in [9.17, 15) is 9.90 Å². The molecule has 0 aromatic heterocycles. The van der Waals surface area contributed by atoms with E-state index in [2.05, 4.69) is 0 Å². The molecule has 0 spiro atoms. The molecule has 1 N–H and O–H groups in total. The summed E-state index contributed by atoms with van der Waals surface area (Å²) in [6.07, 6.45) is -0.610. The molecule has 1 aliphatic heterocycles. The molecule has 0 amide bonds. The van der Waals surface area contributed by atoms with E-state index in [-0.39, 0.29) is 5.56 Å². The second kappa shape index (κ2) is 8.31. The molecule has 0 aliphatic carbocycles. The minimum atomic E-state index is -0.987. The number of rotatable bonds is 7. The average molecular weight is 357 g/mol. The van der Waals surface area contributed by atoms with Crippen LogP contribution in [0.4, 0.5) is 0 Å². The minimum Gasteiger partial charge on any atom is -0.488 e. The summed E-state index contributed by atoms with van der Waals surface area (Å²) in [5.41, 5.74) is 2.64. The Kier molecular flexibility index (Phi) is 5.88. The first kappa shape index (κ1) is 18.4. The summed E-state index contributed by atoms with van der Waals surface area (Å²) in [6.45, 7) is 1.88. The van der Waals surface area contributed by atoms with Crippen LogP contribution in [0.25, 0.3) is 0 Å². The second-order valence-electron chi connectivity index (χ2n) is 6.44. The van der Waals surface area contributed by atoms with E-state index in [0.29, 0.717) is 37.7 Å². The van der Waals surface area contributed by atoms with Crippen molar-refractivity contribution in [3.63, 3.8) is 0 Å². The van der Waals surface area contributed by atoms with Crippen LogP contribution in [-0.4, -0.2) is 43.3 Å². The lowest BCUT2D eigenvalue weighted by atomic mass is 10.0. The summed E-state index contributed by atoms with van der Waals surface area (Å²) in [5, 5.41) is 9.47. The van der Waals surface area contributed by atoms with Gasteiger partial charge in [0.25, 0.3) is 0 Å². The highest BCUT2D eigenvalue weighted by molar-refractivity contribution is 5.88. The number of carboxylic acids is 1. The smallest absolute Gasteiger partial charge is 0.335 e. The first-order valence-corrected chi connectivity index (χ1v) is 8.49. The van der Waals surface area contributed by atoms with Crippen LogP contribution in [0.1, 0.15) is 33.3 Å². The Balaban J connectivity index is 2.00. The molecular weight excluding hydrogens is 334 g/mol. The van der Waals surface area contributed by atoms with Gasteiger partial charge in [0, 0.05) is 12.1 Å². The molecule has 0 atom stereocenters. The molecule has 0 saturated carbocycles. The normalized spacial score (nSPS) is 14.7. The number of hydrogen-bond acceptors (Lipinski definition) is 5. The first-order chi connectivity index (χ1) is 12.5. The molecule has 1 saturated heterocycles. The van der Waals surface area contributed by atoms with Crippen molar-refractivity contribution >= 4 is 5.97 Å². The topological polar surface area (TPSA) is 68.2 Å². The van der Waals surface area contributed by atoms with Gasteiger partial charge in [0.15, 0.2) is 6.29 Å². The van der Waals surface area contributed by atoms with E-state index < -0.39 is 12.3 Å². The first-order valence-electron chi connectivity index (χ1n) is 8.49. The van der Waals surface area contributed by atoms with E-state index in [1.807, 2.05) is 49.3 Å². The van der Waals surface area contributed by atoms with Gasteiger partial charge in [-0.15, -0.1) is 0 Å². The molecule has 1 heterocycles. The number of hydrogen-bond donors (Lipinski definition) is 1. The van der Waals surface area contributed by atoms with E-state index in [0.717, 1.165) is 11.1 Å². The molecule has 6 nitrogen and oxygen atoms in total. The third kappa shape index (κ3) is 4.40. The van der Waals surface area contributed by atoms with Crippen molar-refractivity contribution in [1.29, 1.82) is 0 Å². The van der Waals surface area contributed by atoms with E-state index >= 15 is 0 Å². The number of carbonyl (C=O) groups is 1. The van der Waals surface area contributed by atoms with Crippen LogP contribution in [0.15, 0.2) is 42.5 Å². The highest BCUT2D eigenvalue weighted by Gasteiger charge is 2.26. The van der Waals surface area contributed by atoms with Crippen molar-refractivity contribution in [2.75, 3.05) is 27.3 Å². The van der Waals surface area contributed by atoms with Gasteiger partial charge in [-0.05, 0) is 31.8 Å². The maximum atomic E-state index is 11.6. The fraction of sp³-hybridized carbons (Fsp3) is 0.350. The monoisotopic (exact) mass is 357 g/mol. The molecule has 2 aromatic rings. The number of ether oxygens (including phenoxy) is 3. The SMILES string of the molecule is CN(C)Cc1cc(C(=O)O)cc(C2OCCO2)c1OCc1ccccc1. The summed E-state index contributed by atoms with van der Waals surface area (Å²) in [6, 6.07) is 13.1. The molecule has 3 rings (SSSR count). The van der Waals surface area contributed by atoms with Crippen LogP contribution >= 0.6 is 0 Å². The molecule has 6 heteroatoms. The Morgan fingerprint density at radius 2 is 1.88 bits per heavy atom. The Labute approximate surface area is 152 Å². The van der Waals surface area contributed by atoms with Crippen LogP contribution in [0.2, 0.25) is 0 Å². The van der Waals surface area contributed by atoms with Gasteiger partial charge in [0.05, 0.1) is 24.3 Å². The van der Waals surface area contributed by atoms with Gasteiger partial charge in [0.2, 0.25) is 0 Å². The fourth-order valence-corrected chi connectivity index (χ4v) is 2.91. The molecular formula is C20H23NO5. The standard InChI is InChI=1S/C20H23NO5/c1-21(2)12-16-10-15(19(22)23)11-17(20-24-8-9-25-20)18(16)26-13-14-6-4-3-5-7-14/h3-7,10-11,20H,8-9,12-13H2,1-2H3,(H,22,23). The summed E-state index contributed by atoms with van der Waals surface area (Å²) in [7, 11) is 3.85. The van der Waals surface area contributed by atoms with Crippen molar-refractivity contribution in [2.24, 2.45) is 0 Å². The van der Waals surface area contributed by atoms with Gasteiger partial charge >= 0.3 is 5.97 Å². The lowest BCUT2D eigenvalue weighted by molar-refractivity contribution is -0.0460. The van der Waals surface area contributed by atoms with Gasteiger partial charge in [-0.1, -0.05) is 30.3 Å². The molecule has 2 aromatic carbocycles. The van der Waals surface area contributed by atoms with Gasteiger partial charge in [0.1, 0.15) is 12.4 Å². The number of benzene rings is 2. The van der Waals surface area contributed by atoms with Crippen molar-refractivity contribution < 1.29 is 24.1 Å². The average Bonchev–Trinajstić information content (AvgIpc) is 3.15. The summed E-state index contributed by atoms with van der Waals surface area (Å²) in [5.74, 6) is -0.363. The Hall–Kier alpha value is -2.41. The van der Waals surface area contributed by atoms with Gasteiger partial charge < -0.3 is 24.2 Å². The minimum absolute atomic E-state index is 0.197. The van der Waals surface area contributed by atoms with E-state index in [1.165, 1.54) is 0 Å². The van der Waals surface area contributed by atoms with Crippen molar-refractivity contribution in [3.8, 4) is 5.75 Å². The Morgan fingerprint density at radius 1 is 1.19 bits per heavy atom. The summed E-state index contributed by atoms with van der Waals surface area (Å²) < 4.78 is 17.4. The van der Waals surface area contributed by atoms with Crippen LogP contribution in [-0.2, 0) is 22.6 Å². The third-order valence-corrected chi connectivity index (χ3v) is 4.03. The molecule has 138 valence electrons. The Morgan fingerprint density at radius 3 is 2.50 bits per heavy atom. The van der Waals surface area contributed by atoms with Crippen molar-refractivity contribution in [1.82, 2.24) is 4.90 Å². The zero-order valence-electron chi connectivity index (χ0n) is 15.0. The summed E-state index contributed by atoms with van der Waals surface area (Å²) in [4.78, 5) is 13.5. The van der Waals surface area contributed by atoms with Crippen LogP contribution in [0.5, 0.6) is 5.75 Å². The molecule has 0 unspecified atom stereocenters. The van der Waals surface area contributed by atoms with Crippen LogP contribution < -0.4 is 4.74 Å². The third-order valence-electron chi connectivity index (χ3n) is 4.03. The van der Waals surface area contributed by atoms with E-state index in [1.54, 1.807) is 12.1 Å². The van der Waals surface area contributed by atoms with E-state index in [4.69, 9.17) is 14.2 Å². The fourth-order valence-electron chi connectivity index (χ4n) is 2.91. The molecule has 26 heavy (non-hydrogen) atoms. The number of nitrogens with zero attached hydrogens (tertiary/aromatic N) is 1. The molecule has 1 fully saturated rings. The maximum absolute atomic E-state index is 11.6. The number of carboxylic acid groups (broad SMARTS) is 1. The largest absolute Gasteiger partial charge is 0.488 e. The van der Waals surface area contributed by atoms with Crippen LogP contribution in [0, 0.1) is 0 Å². The van der Waals surface area contributed by atoms with Crippen LogP contribution in [0.3, 0.4) is 0 Å². The number of aromatic carboxylic acids is 1. The molecule has 0 radical (unpaired) electrons. The van der Waals surface area contributed by atoms with Crippen molar-refractivity contribution in [2.45, 2.75) is 19.4 Å². The predicted molar refractivity (Wildman–Crippen MR) is 96.2 cm³/mol. The van der Waals surface area contributed by atoms with Gasteiger partial charge in [-0.2, -0.15) is 0 Å². The molecule has 1 aliphatic rings.